The summed E-state index contributed by atoms with van der Waals surface area (Å²) in [5.41, 5.74) is 0.603. The molecule has 0 unspecified atom stereocenters. The number of carbonyl (C=O) groups excluding carboxylic acids is 1. The molecule has 0 saturated heterocycles. The Hall–Kier alpha value is -1.26. The predicted octanol–water partition coefficient (Wildman–Crippen LogP) is 4.13. The lowest BCUT2D eigenvalue weighted by Gasteiger charge is -2.19. The van der Waals surface area contributed by atoms with Gasteiger partial charge in [0, 0.05) is 6.20 Å². The van der Waals surface area contributed by atoms with E-state index in [0.29, 0.717) is 16.1 Å². The summed E-state index contributed by atoms with van der Waals surface area (Å²) in [5.74, 6) is 0. The SMILES string of the molecule is CC(C)(C)OC(=O)n1ccc2nc(Cl)c(Cl)cc21. The molecule has 2 heterocycles. The zero-order chi connectivity index (χ0) is 13.5. The van der Waals surface area contributed by atoms with Crippen molar-refractivity contribution in [1.82, 2.24) is 9.55 Å². The van der Waals surface area contributed by atoms with Crippen molar-refractivity contribution in [2.45, 2.75) is 26.4 Å². The molecule has 0 aliphatic rings. The molecule has 0 aliphatic carbocycles. The van der Waals surface area contributed by atoms with Crippen LogP contribution in [0, 0.1) is 0 Å². The zero-order valence-electron chi connectivity index (χ0n) is 10.2. The molecule has 96 valence electrons. The lowest BCUT2D eigenvalue weighted by atomic mass is 10.2. The van der Waals surface area contributed by atoms with Crippen LogP contribution >= 0.6 is 23.2 Å². The highest BCUT2D eigenvalue weighted by atomic mass is 35.5. The maximum Gasteiger partial charge on any atom is 0.419 e. The van der Waals surface area contributed by atoms with Gasteiger partial charge in [0.05, 0.1) is 16.1 Å². The maximum absolute atomic E-state index is 12.0. The summed E-state index contributed by atoms with van der Waals surface area (Å²) >= 11 is 11.7. The van der Waals surface area contributed by atoms with Crippen molar-refractivity contribution >= 4 is 40.3 Å². The lowest BCUT2D eigenvalue weighted by Crippen LogP contribution is -2.26. The van der Waals surface area contributed by atoms with Crippen LogP contribution in [0.1, 0.15) is 20.8 Å². The Morgan fingerprint density at radius 3 is 2.67 bits per heavy atom. The average molecular weight is 287 g/mol. The van der Waals surface area contributed by atoms with Crippen LogP contribution in [0.2, 0.25) is 10.2 Å². The molecule has 0 amide bonds. The van der Waals surface area contributed by atoms with Crippen LogP contribution in [-0.2, 0) is 4.74 Å². The first kappa shape index (κ1) is 13.2. The largest absolute Gasteiger partial charge is 0.443 e. The van der Waals surface area contributed by atoms with E-state index in [0.717, 1.165) is 0 Å². The molecule has 0 N–H and O–H groups in total. The third kappa shape index (κ3) is 2.60. The van der Waals surface area contributed by atoms with E-state index in [4.69, 9.17) is 27.9 Å². The minimum atomic E-state index is -0.558. The van der Waals surface area contributed by atoms with Crippen LogP contribution in [0.3, 0.4) is 0 Å². The number of fused-ring (bicyclic) bond motifs is 1. The first-order chi connectivity index (χ1) is 8.28. The molecule has 0 saturated carbocycles. The Bertz CT molecular complexity index is 614. The summed E-state index contributed by atoms with van der Waals surface area (Å²) in [6, 6.07) is 3.28. The quantitative estimate of drug-likeness (QED) is 0.684. The number of ether oxygens (including phenoxy) is 1. The minimum Gasteiger partial charge on any atom is -0.443 e. The molecule has 0 atom stereocenters. The Morgan fingerprint density at radius 2 is 2.06 bits per heavy atom. The van der Waals surface area contributed by atoms with Gasteiger partial charge in [-0.05, 0) is 32.9 Å². The van der Waals surface area contributed by atoms with Crippen LogP contribution in [0.5, 0.6) is 0 Å². The molecule has 2 aromatic rings. The maximum atomic E-state index is 12.0. The number of pyridine rings is 1. The van der Waals surface area contributed by atoms with Gasteiger partial charge >= 0.3 is 6.09 Å². The topological polar surface area (TPSA) is 44.1 Å². The number of rotatable bonds is 0. The van der Waals surface area contributed by atoms with Gasteiger partial charge in [-0.3, -0.25) is 4.57 Å². The molecular weight excluding hydrogens is 275 g/mol. The van der Waals surface area contributed by atoms with Crippen molar-refractivity contribution in [2.24, 2.45) is 0 Å². The first-order valence-corrected chi connectivity index (χ1v) is 6.10. The summed E-state index contributed by atoms with van der Waals surface area (Å²) < 4.78 is 6.64. The Morgan fingerprint density at radius 1 is 1.39 bits per heavy atom. The van der Waals surface area contributed by atoms with Crippen molar-refractivity contribution in [2.75, 3.05) is 0 Å². The fourth-order valence-corrected chi connectivity index (χ4v) is 1.77. The van der Waals surface area contributed by atoms with Gasteiger partial charge in [0.1, 0.15) is 10.8 Å². The van der Waals surface area contributed by atoms with Crippen LogP contribution in [0.25, 0.3) is 11.0 Å². The zero-order valence-corrected chi connectivity index (χ0v) is 11.7. The van der Waals surface area contributed by atoms with Crippen molar-refractivity contribution in [1.29, 1.82) is 0 Å². The van der Waals surface area contributed by atoms with E-state index in [2.05, 4.69) is 4.98 Å². The monoisotopic (exact) mass is 286 g/mol. The molecular formula is C12H12Cl2N2O2. The van der Waals surface area contributed by atoms with Gasteiger partial charge in [-0.15, -0.1) is 0 Å². The molecule has 0 fully saturated rings. The summed E-state index contributed by atoms with van der Waals surface area (Å²) in [4.78, 5) is 16.0. The molecule has 18 heavy (non-hydrogen) atoms. The van der Waals surface area contributed by atoms with Gasteiger partial charge in [-0.1, -0.05) is 23.2 Å². The van der Waals surface area contributed by atoms with Gasteiger partial charge in [0.25, 0.3) is 0 Å². The molecule has 0 aromatic carbocycles. The van der Waals surface area contributed by atoms with E-state index in [-0.39, 0.29) is 5.15 Å². The molecule has 2 aromatic heterocycles. The molecule has 0 aliphatic heterocycles. The summed E-state index contributed by atoms with van der Waals surface area (Å²) in [6.45, 7) is 5.41. The summed E-state index contributed by atoms with van der Waals surface area (Å²) in [5, 5.41) is 0.513. The number of hydrogen-bond acceptors (Lipinski definition) is 3. The molecule has 2 rings (SSSR count). The van der Waals surface area contributed by atoms with Gasteiger partial charge < -0.3 is 4.74 Å². The van der Waals surface area contributed by atoms with E-state index in [9.17, 15) is 4.79 Å². The smallest absolute Gasteiger partial charge is 0.419 e. The fourth-order valence-electron chi connectivity index (χ4n) is 1.48. The Labute approximate surface area is 114 Å². The van der Waals surface area contributed by atoms with E-state index in [1.165, 1.54) is 4.57 Å². The summed E-state index contributed by atoms with van der Waals surface area (Å²) in [6.07, 6.45) is 1.11. The Balaban J connectivity index is 2.46. The number of nitrogens with zero attached hydrogens (tertiary/aromatic N) is 2. The van der Waals surface area contributed by atoms with Gasteiger partial charge in [0.15, 0.2) is 0 Å². The van der Waals surface area contributed by atoms with E-state index in [1.54, 1.807) is 39.1 Å². The highest BCUT2D eigenvalue weighted by molar-refractivity contribution is 6.41. The second kappa shape index (κ2) is 4.44. The normalized spacial score (nSPS) is 11.8. The van der Waals surface area contributed by atoms with Gasteiger partial charge in [0.2, 0.25) is 0 Å². The van der Waals surface area contributed by atoms with E-state index in [1.807, 2.05) is 0 Å². The van der Waals surface area contributed by atoms with Gasteiger partial charge in [-0.2, -0.15) is 0 Å². The molecule has 0 spiro atoms. The minimum absolute atomic E-state index is 0.214. The van der Waals surface area contributed by atoms with Crippen molar-refractivity contribution < 1.29 is 9.53 Å². The molecule has 4 nitrogen and oxygen atoms in total. The molecule has 0 radical (unpaired) electrons. The average Bonchev–Trinajstić information content (AvgIpc) is 2.59. The lowest BCUT2D eigenvalue weighted by molar-refractivity contribution is 0.0544. The summed E-state index contributed by atoms with van der Waals surface area (Å²) in [7, 11) is 0. The van der Waals surface area contributed by atoms with E-state index >= 15 is 0 Å². The van der Waals surface area contributed by atoms with Gasteiger partial charge in [-0.25, -0.2) is 9.78 Å². The van der Waals surface area contributed by atoms with Crippen molar-refractivity contribution in [3.8, 4) is 0 Å². The third-order valence-electron chi connectivity index (χ3n) is 2.17. The highest BCUT2D eigenvalue weighted by Crippen LogP contribution is 2.25. The number of aromatic nitrogens is 2. The molecule has 0 bridgehead atoms. The van der Waals surface area contributed by atoms with E-state index < -0.39 is 11.7 Å². The number of hydrogen-bond donors (Lipinski definition) is 0. The Kier molecular flexibility index (Phi) is 3.25. The fraction of sp³-hybridized carbons (Fsp3) is 0.333. The third-order valence-corrected chi connectivity index (χ3v) is 2.85. The van der Waals surface area contributed by atoms with Crippen LogP contribution < -0.4 is 0 Å². The van der Waals surface area contributed by atoms with Crippen LogP contribution in [0.15, 0.2) is 18.3 Å². The number of halogens is 2. The number of carbonyl (C=O) groups is 1. The van der Waals surface area contributed by atoms with Crippen molar-refractivity contribution in [3.63, 3.8) is 0 Å². The van der Waals surface area contributed by atoms with Crippen LogP contribution in [-0.4, -0.2) is 21.2 Å². The standard InChI is InChI=1S/C12H12Cl2N2O2/c1-12(2,3)18-11(17)16-5-4-8-9(16)6-7(13)10(14)15-8/h4-6H,1-3H3. The van der Waals surface area contributed by atoms with Crippen molar-refractivity contribution in [3.05, 3.63) is 28.5 Å². The predicted molar refractivity (Wildman–Crippen MR) is 71.4 cm³/mol. The first-order valence-electron chi connectivity index (χ1n) is 5.34. The second-order valence-electron chi connectivity index (χ2n) is 4.83. The second-order valence-corrected chi connectivity index (χ2v) is 5.60. The highest BCUT2D eigenvalue weighted by Gasteiger charge is 2.19. The van der Waals surface area contributed by atoms with Crippen LogP contribution in [0.4, 0.5) is 4.79 Å². The molecule has 6 heteroatoms.